The minimum Gasteiger partial charge on any atom is -0.495 e. The van der Waals surface area contributed by atoms with Crippen molar-refractivity contribution in [2.45, 2.75) is 64.6 Å². The van der Waals surface area contributed by atoms with Crippen molar-refractivity contribution >= 4 is 40.9 Å². The molecule has 0 unspecified atom stereocenters. The number of nitrogens with zero attached hydrogens (tertiary/aromatic N) is 5. The molecule has 2 N–H and O–H groups in total. The minimum atomic E-state index is -0.678. The molecule has 2 fully saturated rings. The molecule has 3 aromatic rings. The predicted molar refractivity (Wildman–Crippen MR) is 174 cm³/mol. The van der Waals surface area contributed by atoms with Gasteiger partial charge in [-0.25, -0.2) is 14.8 Å². The summed E-state index contributed by atoms with van der Waals surface area (Å²) >= 11 is 6.61. The fraction of sp³-hybridized carbons (Fsp3) is 0.441. The lowest BCUT2D eigenvalue weighted by Crippen LogP contribution is -2.65. The Bertz CT molecular complexity index is 1780. The number of nitrogens with one attached hydrogen (secondary N) is 1. The van der Waals surface area contributed by atoms with Crippen LogP contribution in [-0.4, -0.2) is 70.4 Å². The summed E-state index contributed by atoms with van der Waals surface area (Å²) < 4.78 is 11.2. The highest BCUT2D eigenvalue weighted by atomic mass is 35.5. The number of methoxy groups -OCH3 is 1. The van der Waals surface area contributed by atoms with Gasteiger partial charge >= 0.3 is 6.09 Å². The monoisotopic (exact) mass is 644 g/mol. The van der Waals surface area contributed by atoms with Crippen LogP contribution in [0, 0.1) is 16.7 Å². The van der Waals surface area contributed by atoms with Gasteiger partial charge in [-0.2, -0.15) is 5.26 Å². The predicted octanol–water partition coefficient (Wildman–Crippen LogP) is 6.05. The molecule has 2 aromatic carbocycles. The van der Waals surface area contributed by atoms with Gasteiger partial charge in [0.05, 0.1) is 46.4 Å². The molecule has 0 radical (unpaired) electrons. The molecule has 1 saturated heterocycles. The molecule has 3 heterocycles. The average Bonchev–Trinajstić information content (AvgIpc) is 3.23. The Labute approximate surface area is 273 Å². The van der Waals surface area contributed by atoms with Crippen LogP contribution in [0.1, 0.15) is 68.9 Å². The number of fused-ring (bicyclic) bond motifs is 1. The third kappa shape index (κ3) is 5.72. The highest BCUT2D eigenvalue weighted by molar-refractivity contribution is 6.34. The van der Waals surface area contributed by atoms with E-state index in [0.717, 1.165) is 18.4 Å². The SMILES string of the molecule is COc1cc(C(=O)N2CC3(CC(O)C3)C2)c(Cl)cc1Nc1nccc(-c2cc(C#N)c3c(c2)C(C)(C)CN3C(=O)OC(C)(C)C)n1. The van der Waals surface area contributed by atoms with Crippen LogP contribution >= 0.6 is 11.6 Å². The van der Waals surface area contributed by atoms with Gasteiger partial charge in [0.2, 0.25) is 5.95 Å². The maximum Gasteiger partial charge on any atom is 0.414 e. The number of aliphatic hydroxyl groups excluding tert-OH is 1. The smallest absolute Gasteiger partial charge is 0.414 e. The Morgan fingerprint density at radius 1 is 1.15 bits per heavy atom. The number of carbonyl (C=O) groups excluding carboxylic acids is 2. The molecule has 1 aliphatic carbocycles. The third-order valence-corrected chi connectivity index (χ3v) is 9.10. The molecule has 2 aliphatic heterocycles. The lowest BCUT2D eigenvalue weighted by atomic mass is 9.62. The maximum atomic E-state index is 13.2. The zero-order valence-electron chi connectivity index (χ0n) is 26.8. The van der Waals surface area contributed by atoms with E-state index in [-0.39, 0.29) is 28.4 Å². The van der Waals surface area contributed by atoms with Crippen LogP contribution < -0.4 is 15.0 Å². The number of hydrogen-bond acceptors (Lipinski definition) is 9. The number of likely N-dealkylation sites (tertiary alicyclic amines) is 1. The van der Waals surface area contributed by atoms with Crippen molar-refractivity contribution in [3.8, 4) is 23.1 Å². The number of benzene rings is 2. The van der Waals surface area contributed by atoms with Gasteiger partial charge in [-0.3, -0.25) is 9.69 Å². The molecule has 0 bridgehead atoms. The van der Waals surface area contributed by atoms with E-state index in [1.165, 1.54) is 12.0 Å². The molecule has 1 saturated carbocycles. The topological polar surface area (TPSA) is 141 Å². The van der Waals surface area contributed by atoms with Crippen LogP contribution in [0.15, 0.2) is 36.5 Å². The number of aromatic nitrogens is 2. The highest BCUT2D eigenvalue weighted by Crippen LogP contribution is 2.49. The fourth-order valence-corrected chi connectivity index (χ4v) is 6.91. The molecule has 0 atom stereocenters. The standard InChI is InChI=1S/C34H37ClN6O5/c1-32(2,3)46-31(44)41-16-33(4,5)23-10-19(9-20(15-36)28(23)41)25-7-8-37-30(38-25)39-26-12-24(35)22(11-27(26)45-6)29(43)40-17-34(18-40)13-21(42)14-34/h7-12,21,42H,13-14,16-18H2,1-6H3,(H,37,38,39). The van der Waals surface area contributed by atoms with Crippen LogP contribution in [0.2, 0.25) is 5.02 Å². The number of amides is 2. The van der Waals surface area contributed by atoms with Crippen LogP contribution in [0.3, 0.4) is 0 Å². The summed E-state index contributed by atoms with van der Waals surface area (Å²) in [5.41, 5.74) is 2.71. The lowest BCUT2D eigenvalue weighted by Gasteiger charge is -2.57. The lowest BCUT2D eigenvalue weighted by molar-refractivity contribution is -0.113. The van der Waals surface area contributed by atoms with E-state index in [2.05, 4.69) is 16.4 Å². The highest BCUT2D eigenvalue weighted by Gasteiger charge is 2.53. The van der Waals surface area contributed by atoms with E-state index >= 15 is 0 Å². The Balaban J connectivity index is 1.26. The summed E-state index contributed by atoms with van der Waals surface area (Å²) in [6.45, 7) is 11.1. The van der Waals surface area contributed by atoms with E-state index in [1.54, 1.807) is 35.4 Å². The third-order valence-electron chi connectivity index (χ3n) is 8.79. The normalized spacial score (nSPS) is 17.9. The van der Waals surface area contributed by atoms with Crippen molar-refractivity contribution in [3.63, 3.8) is 0 Å². The number of rotatable bonds is 5. The summed E-state index contributed by atoms with van der Waals surface area (Å²) in [4.78, 5) is 38.7. The first kappa shape index (κ1) is 31.6. The Morgan fingerprint density at radius 2 is 1.87 bits per heavy atom. The van der Waals surface area contributed by atoms with Crippen molar-refractivity contribution in [1.82, 2.24) is 14.9 Å². The van der Waals surface area contributed by atoms with Crippen molar-refractivity contribution in [2.75, 3.05) is 37.0 Å². The zero-order valence-corrected chi connectivity index (χ0v) is 27.5. The first-order valence-electron chi connectivity index (χ1n) is 15.2. The molecule has 1 aromatic heterocycles. The number of anilines is 3. The van der Waals surface area contributed by atoms with Crippen molar-refractivity contribution < 1.29 is 24.2 Å². The van der Waals surface area contributed by atoms with Gasteiger partial charge in [-0.05, 0) is 69.5 Å². The molecule has 46 heavy (non-hydrogen) atoms. The second-order valence-electron chi connectivity index (χ2n) is 14.1. The summed E-state index contributed by atoms with van der Waals surface area (Å²) in [7, 11) is 1.50. The van der Waals surface area contributed by atoms with Gasteiger partial charge in [-0.15, -0.1) is 0 Å². The summed E-state index contributed by atoms with van der Waals surface area (Å²) in [6, 6.07) is 10.9. The quantitative estimate of drug-likeness (QED) is 0.339. The second-order valence-corrected chi connectivity index (χ2v) is 14.5. The first-order valence-corrected chi connectivity index (χ1v) is 15.5. The molecule has 12 heteroatoms. The molecular weight excluding hydrogens is 608 g/mol. The van der Waals surface area contributed by atoms with Crippen molar-refractivity contribution in [1.29, 1.82) is 5.26 Å². The fourth-order valence-electron chi connectivity index (χ4n) is 6.67. The summed E-state index contributed by atoms with van der Waals surface area (Å²) in [5, 5.41) is 23.2. The number of nitriles is 1. The van der Waals surface area contributed by atoms with E-state index in [0.29, 0.717) is 59.1 Å². The van der Waals surface area contributed by atoms with Crippen molar-refractivity contribution in [2.24, 2.45) is 5.41 Å². The van der Waals surface area contributed by atoms with Crippen LogP contribution in [0.25, 0.3) is 11.3 Å². The largest absolute Gasteiger partial charge is 0.495 e. The zero-order chi connectivity index (χ0) is 33.2. The number of hydrogen-bond donors (Lipinski definition) is 2. The Kier molecular flexibility index (Phi) is 7.65. The molecular formula is C34H37ClN6O5. The molecule has 2 amide bonds. The molecule has 3 aliphatic rings. The molecule has 6 rings (SSSR count). The second kappa shape index (κ2) is 11.1. The summed E-state index contributed by atoms with van der Waals surface area (Å²) in [6.07, 6.45) is 2.28. The number of carbonyl (C=O) groups is 2. The molecule has 1 spiro atoms. The Hall–Kier alpha value is -4.40. The van der Waals surface area contributed by atoms with Gasteiger partial charge in [0.15, 0.2) is 0 Å². The average molecular weight is 645 g/mol. The van der Waals surface area contributed by atoms with Crippen molar-refractivity contribution in [3.05, 3.63) is 58.2 Å². The van der Waals surface area contributed by atoms with Gasteiger partial charge < -0.3 is 24.8 Å². The number of halogens is 1. The van der Waals surface area contributed by atoms with Gasteiger partial charge in [0.1, 0.15) is 17.4 Å². The van der Waals surface area contributed by atoms with Crippen LogP contribution in [0.5, 0.6) is 5.75 Å². The maximum absolute atomic E-state index is 13.2. The molecule has 11 nitrogen and oxygen atoms in total. The number of ether oxygens (including phenoxy) is 2. The van der Waals surface area contributed by atoms with Gasteiger partial charge in [0, 0.05) is 42.2 Å². The molecule has 240 valence electrons. The number of aliphatic hydroxyl groups is 1. The van der Waals surface area contributed by atoms with Gasteiger partial charge in [-0.1, -0.05) is 25.4 Å². The first-order chi connectivity index (χ1) is 21.6. The van der Waals surface area contributed by atoms with E-state index < -0.39 is 17.1 Å². The van der Waals surface area contributed by atoms with Crippen LogP contribution in [-0.2, 0) is 10.2 Å². The Morgan fingerprint density at radius 3 is 2.50 bits per heavy atom. The van der Waals surface area contributed by atoms with E-state index in [4.69, 9.17) is 26.1 Å². The van der Waals surface area contributed by atoms with E-state index in [1.807, 2.05) is 40.7 Å². The summed E-state index contributed by atoms with van der Waals surface area (Å²) in [5.74, 6) is 0.468. The van der Waals surface area contributed by atoms with Crippen LogP contribution in [0.4, 0.5) is 22.1 Å². The van der Waals surface area contributed by atoms with Gasteiger partial charge in [0.25, 0.3) is 5.91 Å². The van der Waals surface area contributed by atoms with E-state index in [9.17, 15) is 20.0 Å². The minimum absolute atomic E-state index is 0.0373.